The van der Waals surface area contributed by atoms with Crippen molar-refractivity contribution in [2.24, 2.45) is 22.7 Å². The number of anilines is 5. The zero-order valence-corrected chi connectivity index (χ0v) is 51.9. The van der Waals surface area contributed by atoms with E-state index in [1.165, 1.54) is 49.9 Å². The van der Waals surface area contributed by atoms with Crippen molar-refractivity contribution in [2.75, 3.05) is 77.8 Å². The third kappa shape index (κ3) is 15.0. The smallest absolute Gasteiger partial charge is 0.281 e. The molecule has 2 saturated carbocycles. The second kappa shape index (κ2) is 24.9. The normalized spacial score (nSPS) is 25.6. The first-order valence-electron chi connectivity index (χ1n) is 29.9. The predicted molar refractivity (Wildman–Crippen MR) is 324 cm³/mol. The molecular formula is C60H81ClN12O10S2. The molecule has 4 saturated heterocycles. The van der Waals surface area contributed by atoms with Gasteiger partial charge in [0.1, 0.15) is 46.5 Å². The average molecular weight is 1230 g/mol. The molecule has 4 amide bonds. The summed E-state index contributed by atoms with van der Waals surface area (Å²) < 4.78 is 67.8. The van der Waals surface area contributed by atoms with Gasteiger partial charge in [0.05, 0.1) is 11.1 Å². The van der Waals surface area contributed by atoms with Crippen LogP contribution in [0.25, 0.3) is 0 Å². The third-order valence-corrected chi connectivity index (χ3v) is 20.6. The van der Waals surface area contributed by atoms with Crippen LogP contribution in [0.1, 0.15) is 152 Å². The maximum absolute atomic E-state index is 13.6. The maximum atomic E-state index is 13.6. The first-order chi connectivity index (χ1) is 40.3. The predicted octanol–water partition coefficient (Wildman–Crippen LogP) is 7.86. The van der Waals surface area contributed by atoms with E-state index in [4.69, 9.17) is 26.1 Å². The molecule has 4 aromatic heterocycles. The molecule has 2 unspecified atom stereocenters. The zero-order chi connectivity index (χ0) is 60.5. The van der Waals surface area contributed by atoms with Crippen molar-refractivity contribution in [2.45, 2.75) is 165 Å². The zero-order valence-electron chi connectivity index (χ0n) is 49.5. The number of hydrogen-bond donors (Lipinski definition) is 5. The highest BCUT2D eigenvalue weighted by Gasteiger charge is 2.44. The van der Waals surface area contributed by atoms with Gasteiger partial charge in [0.15, 0.2) is 10.1 Å². The molecule has 8 bridgehead atoms. The van der Waals surface area contributed by atoms with Gasteiger partial charge in [-0.2, -0.15) is 16.8 Å². The van der Waals surface area contributed by atoms with Crippen LogP contribution in [0.2, 0.25) is 5.15 Å². The number of hydrogen-bond acceptors (Lipinski definition) is 18. The standard InChI is InChI=1S/C30H40N6O5S.C20H24ClN5O3S.C10H17NO2/c1-29(2)18-20-6-5-15-31-23-7-4-8-25(32-23)42(39,40)34-27(37)21-9-10-24(33-26(21)36(29)19-20)35-16-11-22(28(35)38)41-17-14-30(3)12-13-30;1-20(2)11-13-5-4-10-22-16-6-3-7-17(24-16)30(28,29)25-19(27)14-8-9-15(21)23-18(14)26(20)12-13;1-10(3-4-10)5-7-13-8-2-6-11-9(8)12/h4,7-10,20,22H,5-6,11-19H2,1-3H3,(H,31,32)(H,34,37);3,6-9,13H,4-5,10-12H2,1-2H3,(H,22,24)(H,25,27);8H,2-7H2,1H3,(H,11,12)/t20-,22?;13-;/m00./s1. The molecule has 0 radical (unpaired) electrons. The number of fused-ring (bicyclic) bond motifs is 12. The Morgan fingerprint density at radius 3 is 1.56 bits per heavy atom. The highest BCUT2D eigenvalue weighted by Crippen LogP contribution is 2.49. The monoisotopic (exact) mass is 1230 g/mol. The van der Waals surface area contributed by atoms with Crippen LogP contribution in [0.3, 0.4) is 0 Å². The number of carbonyl (C=O) groups excluding carboxylic acids is 4. The Bertz CT molecular complexity index is 3400. The lowest BCUT2D eigenvalue weighted by molar-refractivity contribution is -0.129. The van der Waals surface area contributed by atoms with Crippen LogP contribution in [-0.4, -0.2) is 136 Å². The minimum atomic E-state index is -4.25. The molecular weight excluding hydrogens is 1150 g/mol. The highest BCUT2D eigenvalue weighted by atomic mass is 35.5. The summed E-state index contributed by atoms with van der Waals surface area (Å²) in [5.41, 5.74) is 0.620. The second-order valence-corrected chi connectivity index (χ2v) is 29.6. The van der Waals surface area contributed by atoms with Crippen molar-refractivity contribution in [3.05, 3.63) is 76.9 Å². The van der Waals surface area contributed by atoms with E-state index in [0.717, 1.165) is 77.5 Å². The number of rotatable bonds is 9. The van der Waals surface area contributed by atoms with Crippen molar-refractivity contribution in [1.82, 2.24) is 34.7 Å². The molecule has 6 aliphatic heterocycles. The van der Waals surface area contributed by atoms with Crippen molar-refractivity contribution in [3.8, 4) is 0 Å². The third-order valence-electron chi connectivity index (χ3n) is 18.0. The lowest BCUT2D eigenvalue weighted by Gasteiger charge is -2.34. The summed E-state index contributed by atoms with van der Waals surface area (Å²) >= 11 is 6.14. The fourth-order valence-electron chi connectivity index (χ4n) is 12.3. The Morgan fingerprint density at radius 2 is 1.07 bits per heavy atom. The van der Waals surface area contributed by atoms with Crippen molar-refractivity contribution >= 4 is 84.4 Å². The Balaban J connectivity index is 0.000000161. The van der Waals surface area contributed by atoms with Crippen LogP contribution >= 0.6 is 11.6 Å². The number of carbonyl (C=O) groups is 4. The number of halogens is 1. The van der Waals surface area contributed by atoms with Gasteiger partial charge >= 0.3 is 0 Å². The molecule has 0 spiro atoms. The van der Waals surface area contributed by atoms with Crippen LogP contribution in [-0.2, 0) is 39.1 Å². The quantitative estimate of drug-likeness (QED) is 0.0997. The van der Waals surface area contributed by atoms with E-state index < -0.39 is 38.0 Å². The summed E-state index contributed by atoms with van der Waals surface area (Å²) in [6.45, 7) is 18.2. The van der Waals surface area contributed by atoms with E-state index in [0.29, 0.717) is 91.0 Å². The molecule has 12 rings (SSSR count). The lowest BCUT2D eigenvalue weighted by Crippen LogP contribution is -2.41. The minimum Gasteiger partial charge on any atom is -0.370 e. The number of nitrogens with one attached hydrogen (secondary N) is 5. The van der Waals surface area contributed by atoms with Gasteiger partial charge < -0.3 is 35.2 Å². The largest absolute Gasteiger partial charge is 0.370 e. The highest BCUT2D eigenvalue weighted by molar-refractivity contribution is 7.90. The molecule has 8 aliphatic rings. The lowest BCUT2D eigenvalue weighted by atomic mass is 9.93. The summed E-state index contributed by atoms with van der Waals surface area (Å²) in [5, 5.41) is 8.94. The summed E-state index contributed by atoms with van der Waals surface area (Å²) in [4.78, 5) is 74.5. The SMILES string of the molecule is CC1(C)C[C@@H]2CCCNc3cccc(n3)S(=O)(=O)NC(=O)c3ccc(Cl)nc3N1C2.CC1(CCOC2CCN(c3ccc4c(n3)N3C[C@@H](CCCNc5cccc(n5)S(=O)(=O)NC4=O)CC3(C)C)C2=O)CC1.CC1(CCOC2CCNC2=O)CC1. The van der Waals surface area contributed by atoms with E-state index in [9.17, 15) is 36.0 Å². The van der Waals surface area contributed by atoms with Gasteiger partial charge in [0.2, 0.25) is 5.91 Å². The van der Waals surface area contributed by atoms with Gasteiger partial charge in [0, 0.05) is 70.0 Å². The average Bonchev–Trinajstić information content (AvgIpc) is 3.05. The van der Waals surface area contributed by atoms with E-state index in [-0.39, 0.29) is 55.3 Å². The summed E-state index contributed by atoms with van der Waals surface area (Å²) in [5.74, 6) is 1.28. The summed E-state index contributed by atoms with van der Waals surface area (Å²) in [6.07, 6.45) is 13.5. The van der Waals surface area contributed by atoms with Crippen molar-refractivity contribution in [3.63, 3.8) is 0 Å². The fraction of sp³-hybridized carbons (Fsp3) is 0.600. The molecule has 85 heavy (non-hydrogen) atoms. The van der Waals surface area contributed by atoms with E-state index in [1.807, 2.05) is 0 Å². The molecule has 10 heterocycles. The van der Waals surface area contributed by atoms with Crippen LogP contribution < -0.4 is 40.1 Å². The van der Waals surface area contributed by atoms with Gasteiger partial charge in [-0.1, -0.05) is 37.6 Å². The topological polar surface area (TPSA) is 276 Å². The molecule has 22 nitrogen and oxygen atoms in total. The first kappa shape index (κ1) is 61.9. The van der Waals surface area contributed by atoms with E-state index in [2.05, 4.69) is 91.7 Å². The Hall–Kier alpha value is -6.21. The number of ether oxygens (including phenoxy) is 2. The Kier molecular flexibility index (Phi) is 18.1. The van der Waals surface area contributed by atoms with Crippen LogP contribution in [0.4, 0.5) is 29.1 Å². The summed E-state index contributed by atoms with van der Waals surface area (Å²) in [7, 11) is -8.40. The van der Waals surface area contributed by atoms with Gasteiger partial charge in [-0.05, 0) is 182 Å². The molecule has 0 aromatic carbocycles. The van der Waals surface area contributed by atoms with Gasteiger partial charge in [-0.15, -0.1) is 0 Å². The first-order valence-corrected chi connectivity index (χ1v) is 33.3. The Morgan fingerprint density at radius 1 is 0.576 bits per heavy atom. The number of nitrogens with zero attached hydrogens (tertiary/aromatic N) is 7. The second-order valence-electron chi connectivity index (χ2n) is 26.0. The van der Waals surface area contributed by atoms with E-state index >= 15 is 0 Å². The minimum absolute atomic E-state index is 0.0703. The van der Waals surface area contributed by atoms with Gasteiger partial charge in [-0.3, -0.25) is 24.1 Å². The number of sulfonamides is 2. The fourth-order valence-corrected chi connectivity index (χ4v) is 14.3. The van der Waals surface area contributed by atoms with Crippen molar-refractivity contribution < 1.29 is 45.5 Å². The molecule has 2 aliphatic carbocycles. The van der Waals surface area contributed by atoms with Crippen LogP contribution in [0.15, 0.2) is 70.7 Å². The number of aromatic nitrogens is 4. The number of pyridine rings is 4. The van der Waals surface area contributed by atoms with Crippen LogP contribution in [0, 0.1) is 22.7 Å². The van der Waals surface area contributed by atoms with E-state index in [1.54, 1.807) is 41.3 Å². The molecule has 4 atom stereocenters. The molecule has 460 valence electrons. The molecule has 4 aromatic rings. The molecule has 6 fully saturated rings. The van der Waals surface area contributed by atoms with Gasteiger partial charge in [-0.25, -0.2) is 29.4 Å². The summed E-state index contributed by atoms with van der Waals surface area (Å²) in [6, 6.07) is 15.5. The van der Waals surface area contributed by atoms with Crippen molar-refractivity contribution in [1.29, 1.82) is 0 Å². The molecule has 25 heteroatoms. The molecule has 5 N–H and O–H groups in total. The number of amides is 4. The Labute approximate surface area is 504 Å². The maximum Gasteiger partial charge on any atom is 0.281 e. The van der Waals surface area contributed by atoms with Crippen LogP contribution in [0.5, 0.6) is 0 Å². The van der Waals surface area contributed by atoms with Gasteiger partial charge in [0.25, 0.3) is 37.8 Å².